The maximum absolute atomic E-state index is 2.24. The van der Waals surface area contributed by atoms with Gasteiger partial charge in [0.25, 0.3) is 0 Å². The molecule has 0 heterocycles. The summed E-state index contributed by atoms with van der Waals surface area (Å²) in [5.41, 5.74) is 9.99. The van der Waals surface area contributed by atoms with Crippen LogP contribution in [0.2, 0.25) is 13.1 Å². The normalized spacial score (nSPS) is 9.00. The summed E-state index contributed by atoms with van der Waals surface area (Å²) in [6.45, 7) is 19.5. The van der Waals surface area contributed by atoms with Crippen molar-refractivity contribution in [3.63, 3.8) is 0 Å². The first kappa shape index (κ1) is 23.1. The molecule has 0 bridgehead atoms. The van der Waals surface area contributed by atoms with E-state index in [0.717, 1.165) is 9.52 Å². The molecule has 2 heteroatoms. The minimum Gasteiger partial charge on any atom is -0.210 e. The molecule has 0 saturated carbocycles. The second kappa shape index (κ2) is 11.4. The molecule has 0 saturated heterocycles. The standard InChI is InChI=1S/C9H13.C8H11.C2H7Si.Zr/c1-6-5-7(2)9(4)8(6)3;1-6-4-5-7(2)8(6)3;1-3-2;/h5H,1-4H3;4-5H,1-3H3;3H,1-2H3;/q2*-1;;+2. The molecular formula is C19H31SiZr. The van der Waals surface area contributed by atoms with Crippen LogP contribution >= 0.6 is 0 Å². The Morgan fingerprint density at radius 3 is 1.38 bits per heavy atom. The van der Waals surface area contributed by atoms with E-state index in [9.17, 15) is 0 Å². The SMILES string of the molecule is C[SiH]C.Cc1c[c-](C)c(C)c1C.Cc1cc[c-](C)c1C.[Zr+2]. The van der Waals surface area contributed by atoms with Gasteiger partial charge in [0.1, 0.15) is 0 Å². The van der Waals surface area contributed by atoms with Gasteiger partial charge in [-0.1, -0.05) is 61.6 Å². The smallest absolute Gasteiger partial charge is 0.210 e. The molecule has 2 aromatic rings. The molecule has 2 rings (SSSR count). The van der Waals surface area contributed by atoms with E-state index in [1.807, 2.05) is 0 Å². The first-order chi connectivity index (χ1) is 9.26. The topological polar surface area (TPSA) is 0 Å². The third kappa shape index (κ3) is 7.56. The summed E-state index contributed by atoms with van der Waals surface area (Å²) in [5, 5.41) is 0. The minimum atomic E-state index is 0. The van der Waals surface area contributed by atoms with Crippen LogP contribution in [-0.4, -0.2) is 9.52 Å². The average Bonchev–Trinajstić information content (AvgIpc) is 2.80. The Labute approximate surface area is 154 Å². The first-order valence-electron chi connectivity index (χ1n) is 7.39. The van der Waals surface area contributed by atoms with Crippen molar-refractivity contribution in [2.45, 2.75) is 61.6 Å². The summed E-state index contributed by atoms with van der Waals surface area (Å²) in [6.07, 6.45) is 0. The van der Waals surface area contributed by atoms with Crippen molar-refractivity contribution in [3.05, 3.63) is 57.1 Å². The molecule has 0 aliphatic heterocycles. The Bertz CT molecular complexity index is 476. The van der Waals surface area contributed by atoms with Gasteiger partial charge in [-0.15, -0.1) is 0 Å². The molecule has 0 aliphatic rings. The molecule has 0 unspecified atom stereocenters. The van der Waals surface area contributed by atoms with Crippen molar-refractivity contribution >= 4 is 9.52 Å². The van der Waals surface area contributed by atoms with Crippen LogP contribution in [0, 0.1) is 48.5 Å². The summed E-state index contributed by atoms with van der Waals surface area (Å²) in [5.74, 6) is 0. The molecule has 0 amide bonds. The van der Waals surface area contributed by atoms with Gasteiger partial charge >= 0.3 is 26.2 Å². The van der Waals surface area contributed by atoms with E-state index in [0.29, 0.717) is 0 Å². The van der Waals surface area contributed by atoms with Gasteiger partial charge in [-0.05, 0) is 0 Å². The molecule has 0 fully saturated rings. The van der Waals surface area contributed by atoms with Gasteiger partial charge in [0.15, 0.2) is 0 Å². The third-order valence-electron chi connectivity index (χ3n) is 3.94. The van der Waals surface area contributed by atoms with Gasteiger partial charge in [0.2, 0.25) is 0 Å². The van der Waals surface area contributed by atoms with E-state index in [1.165, 1.54) is 38.9 Å². The molecule has 0 N–H and O–H groups in total. The maximum Gasteiger partial charge on any atom is 2.00 e. The largest absolute Gasteiger partial charge is 2.00 e. The van der Waals surface area contributed by atoms with Crippen molar-refractivity contribution in [2.75, 3.05) is 0 Å². The fourth-order valence-corrected chi connectivity index (χ4v) is 1.94. The number of hydrogen-bond acceptors (Lipinski definition) is 0. The predicted molar refractivity (Wildman–Crippen MR) is 96.1 cm³/mol. The maximum atomic E-state index is 2.24. The zero-order valence-corrected chi connectivity index (χ0v) is 18.9. The van der Waals surface area contributed by atoms with Crippen LogP contribution in [-0.2, 0) is 26.2 Å². The van der Waals surface area contributed by atoms with Gasteiger partial charge in [-0.3, -0.25) is 0 Å². The van der Waals surface area contributed by atoms with Crippen molar-refractivity contribution in [2.24, 2.45) is 0 Å². The molecule has 21 heavy (non-hydrogen) atoms. The second-order valence-corrected chi connectivity index (χ2v) is 6.82. The van der Waals surface area contributed by atoms with Gasteiger partial charge in [-0.25, -0.2) is 6.07 Å². The predicted octanol–water partition coefficient (Wildman–Crippen LogP) is 5.49. The molecular weight excluding hydrogens is 348 g/mol. The van der Waals surface area contributed by atoms with E-state index < -0.39 is 0 Å². The zero-order valence-electron chi connectivity index (χ0n) is 15.3. The van der Waals surface area contributed by atoms with Crippen molar-refractivity contribution in [1.82, 2.24) is 0 Å². The van der Waals surface area contributed by atoms with Gasteiger partial charge in [-0.2, -0.15) is 51.1 Å². The van der Waals surface area contributed by atoms with Crippen LogP contribution in [0.4, 0.5) is 0 Å². The Morgan fingerprint density at radius 1 is 0.810 bits per heavy atom. The quantitative estimate of drug-likeness (QED) is 0.420. The van der Waals surface area contributed by atoms with Gasteiger partial charge in [0.05, 0.1) is 0 Å². The van der Waals surface area contributed by atoms with Crippen LogP contribution in [0.5, 0.6) is 0 Å². The molecule has 0 spiro atoms. The third-order valence-corrected chi connectivity index (χ3v) is 3.94. The van der Waals surface area contributed by atoms with Gasteiger partial charge < -0.3 is 0 Å². The average molecular weight is 379 g/mol. The van der Waals surface area contributed by atoms with Crippen molar-refractivity contribution < 1.29 is 26.2 Å². The van der Waals surface area contributed by atoms with E-state index in [-0.39, 0.29) is 26.2 Å². The van der Waals surface area contributed by atoms with E-state index in [4.69, 9.17) is 0 Å². The molecule has 0 nitrogen and oxygen atoms in total. The van der Waals surface area contributed by atoms with E-state index in [1.54, 1.807) is 0 Å². The molecule has 0 aliphatic carbocycles. The molecule has 0 atom stereocenters. The summed E-state index contributed by atoms with van der Waals surface area (Å²) in [4.78, 5) is 0. The Hall–Kier alpha value is -0.200. The monoisotopic (exact) mass is 377 g/mol. The Balaban J connectivity index is 0. The first-order valence-corrected chi connectivity index (χ1v) is 9.70. The van der Waals surface area contributed by atoms with Crippen LogP contribution in [0.25, 0.3) is 0 Å². The van der Waals surface area contributed by atoms with Crippen molar-refractivity contribution in [3.8, 4) is 0 Å². The second-order valence-electron chi connectivity index (χ2n) is 5.66. The fraction of sp³-hybridized carbons (Fsp3) is 0.474. The van der Waals surface area contributed by atoms with E-state index >= 15 is 0 Å². The number of hydrogen-bond donors (Lipinski definition) is 0. The van der Waals surface area contributed by atoms with Crippen LogP contribution in [0.1, 0.15) is 38.9 Å². The van der Waals surface area contributed by atoms with Crippen LogP contribution < -0.4 is 0 Å². The summed E-state index contributed by atoms with van der Waals surface area (Å²) in [6, 6.07) is 6.56. The van der Waals surface area contributed by atoms with Crippen LogP contribution in [0.3, 0.4) is 0 Å². The summed E-state index contributed by atoms with van der Waals surface area (Å²) < 4.78 is 0. The number of rotatable bonds is 0. The summed E-state index contributed by atoms with van der Waals surface area (Å²) >= 11 is 0. The molecule has 115 valence electrons. The number of aryl methyl sites for hydroxylation is 4. The fourth-order valence-electron chi connectivity index (χ4n) is 1.94. The molecule has 2 aromatic carbocycles. The minimum absolute atomic E-state index is 0. The summed E-state index contributed by atoms with van der Waals surface area (Å²) in [7, 11) is 0.750. The zero-order chi connectivity index (χ0) is 15.9. The molecule has 1 radical (unpaired) electrons. The van der Waals surface area contributed by atoms with Gasteiger partial charge in [0, 0.05) is 9.52 Å². The van der Waals surface area contributed by atoms with Crippen LogP contribution in [0.15, 0.2) is 18.2 Å². The Kier molecular flexibility index (Phi) is 12.5. The van der Waals surface area contributed by atoms with Crippen molar-refractivity contribution in [1.29, 1.82) is 0 Å². The Morgan fingerprint density at radius 2 is 1.29 bits per heavy atom. The van der Waals surface area contributed by atoms with E-state index in [2.05, 4.69) is 79.8 Å². The molecule has 0 aromatic heterocycles.